The number of carbonyl (C=O) groups is 2. The summed E-state index contributed by atoms with van der Waals surface area (Å²) in [6, 6.07) is 10.5. The van der Waals surface area contributed by atoms with Gasteiger partial charge < -0.3 is 11.1 Å². The molecule has 2 aromatic carbocycles. The van der Waals surface area contributed by atoms with Gasteiger partial charge in [-0.3, -0.25) is 9.59 Å². The second-order valence-corrected chi connectivity index (χ2v) is 8.80. The Hall–Kier alpha value is -3.11. The summed E-state index contributed by atoms with van der Waals surface area (Å²) in [6.45, 7) is 0. The Kier molecular flexibility index (Phi) is 5.25. The summed E-state index contributed by atoms with van der Waals surface area (Å²) in [5.41, 5.74) is 4.72. The predicted molar refractivity (Wildman–Crippen MR) is 99.0 cm³/mol. The van der Waals surface area contributed by atoms with Crippen molar-refractivity contribution in [2.24, 2.45) is 5.73 Å². The predicted octanol–water partition coefficient (Wildman–Crippen LogP) is 3.21. The van der Waals surface area contributed by atoms with E-state index in [4.69, 9.17) is 5.73 Å². The van der Waals surface area contributed by atoms with Crippen molar-refractivity contribution in [2.45, 2.75) is 9.10 Å². The zero-order valence-electron chi connectivity index (χ0n) is 14.0. The zero-order valence-corrected chi connectivity index (χ0v) is 15.6. The van der Waals surface area contributed by atoms with Gasteiger partial charge >= 0.3 is 0 Å². The van der Waals surface area contributed by atoms with Gasteiger partial charge in [-0.05, 0) is 36.4 Å². The van der Waals surface area contributed by atoms with E-state index >= 15 is 0 Å². The Balaban J connectivity index is 2.02. The lowest BCUT2D eigenvalue weighted by Crippen LogP contribution is -2.17. The van der Waals surface area contributed by atoms with Crippen molar-refractivity contribution >= 4 is 38.0 Å². The van der Waals surface area contributed by atoms with Crippen molar-refractivity contribution in [3.63, 3.8) is 0 Å². The molecule has 0 saturated heterocycles. The van der Waals surface area contributed by atoms with Crippen molar-refractivity contribution in [1.29, 1.82) is 0 Å². The Bertz CT molecular complexity index is 1190. The lowest BCUT2D eigenvalue weighted by molar-refractivity contribution is 0.100. The number of halogens is 2. The normalized spacial score (nSPS) is 11.2. The van der Waals surface area contributed by atoms with Crippen LogP contribution in [-0.2, 0) is 9.84 Å². The number of nitrogens with one attached hydrogen (secondary N) is 1. The van der Waals surface area contributed by atoms with Crippen LogP contribution in [0, 0.1) is 11.6 Å². The molecule has 28 heavy (non-hydrogen) atoms. The minimum Gasteiger partial charge on any atom is -0.366 e. The maximum atomic E-state index is 13.8. The van der Waals surface area contributed by atoms with E-state index < -0.39 is 33.3 Å². The first-order valence-corrected chi connectivity index (χ1v) is 10.0. The van der Waals surface area contributed by atoms with E-state index in [1.165, 1.54) is 30.3 Å². The van der Waals surface area contributed by atoms with Gasteiger partial charge in [-0.1, -0.05) is 18.2 Å². The molecule has 0 aliphatic carbocycles. The third-order valence-electron chi connectivity index (χ3n) is 3.69. The van der Waals surface area contributed by atoms with Crippen LogP contribution < -0.4 is 11.1 Å². The van der Waals surface area contributed by atoms with E-state index in [2.05, 4.69) is 5.32 Å². The third-order valence-corrected chi connectivity index (χ3v) is 6.97. The lowest BCUT2D eigenvalue weighted by atomic mass is 10.2. The molecule has 0 saturated carbocycles. The highest BCUT2D eigenvalue weighted by molar-refractivity contribution is 7.93. The zero-order chi connectivity index (χ0) is 20.5. The number of benzene rings is 2. The van der Waals surface area contributed by atoms with Crippen LogP contribution in [0.4, 0.5) is 13.8 Å². The van der Waals surface area contributed by atoms with Gasteiger partial charge in [0.05, 0.1) is 16.0 Å². The van der Waals surface area contributed by atoms with Gasteiger partial charge in [0.25, 0.3) is 11.8 Å². The average molecular weight is 422 g/mol. The van der Waals surface area contributed by atoms with Crippen LogP contribution in [0.5, 0.6) is 0 Å². The third kappa shape index (κ3) is 3.78. The van der Waals surface area contributed by atoms with Gasteiger partial charge in [-0.25, -0.2) is 17.2 Å². The first-order chi connectivity index (χ1) is 13.2. The van der Waals surface area contributed by atoms with E-state index in [9.17, 15) is 26.8 Å². The molecule has 3 aromatic rings. The summed E-state index contributed by atoms with van der Waals surface area (Å²) >= 11 is 0.559. The molecule has 144 valence electrons. The highest BCUT2D eigenvalue weighted by Gasteiger charge is 2.26. The second kappa shape index (κ2) is 7.49. The molecule has 0 spiro atoms. The van der Waals surface area contributed by atoms with Crippen LogP contribution in [0.25, 0.3) is 0 Å². The first-order valence-electron chi connectivity index (χ1n) is 7.70. The summed E-state index contributed by atoms with van der Waals surface area (Å²) in [6.07, 6.45) is 0. The summed E-state index contributed by atoms with van der Waals surface area (Å²) in [5, 5.41) is 2.15. The van der Waals surface area contributed by atoms with Crippen LogP contribution in [0.1, 0.15) is 20.7 Å². The minimum absolute atomic E-state index is 0.157. The number of hydrogen-bond donors (Lipinski definition) is 2. The molecule has 3 N–H and O–H groups in total. The van der Waals surface area contributed by atoms with Gasteiger partial charge in [-0.2, -0.15) is 0 Å². The number of sulfone groups is 1. The molecule has 2 amide bonds. The van der Waals surface area contributed by atoms with Crippen LogP contribution >= 0.6 is 11.3 Å². The van der Waals surface area contributed by atoms with Crippen LogP contribution in [-0.4, -0.2) is 20.2 Å². The van der Waals surface area contributed by atoms with Crippen molar-refractivity contribution < 1.29 is 26.8 Å². The monoisotopic (exact) mass is 422 g/mol. The summed E-state index contributed by atoms with van der Waals surface area (Å²) in [4.78, 5) is 23.7. The van der Waals surface area contributed by atoms with E-state index in [1.54, 1.807) is 0 Å². The molecule has 6 nitrogen and oxygen atoms in total. The Morgan fingerprint density at radius 1 is 0.964 bits per heavy atom. The van der Waals surface area contributed by atoms with Crippen molar-refractivity contribution in [2.75, 3.05) is 5.32 Å². The van der Waals surface area contributed by atoms with Crippen molar-refractivity contribution in [3.05, 3.63) is 77.4 Å². The van der Waals surface area contributed by atoms with Crippen molar-refractivity contribution in [1.82, 2.24) is 0 Å². The molecule has 0 atom stereocenters. The SMILES string of the molecule is NC(=O)c1cc(S(=O)(=O)c2cccc(F)c2)sc1NC(=O)c1ccccc1F. The summed E-state index contributed by atoms with van der Waals surface area (Å²) < 4.78 is 52.3. The number of hydrogen-bond acceptors (Lipinski definition) is 5. The maximum absolute atomic E-state index is 13.8. The fourth-order valence-corrected chi connectivity index (χ4v) is 5.14. The first kappa shape index (κ1) is 19.6. The number of anilines is 1. The molecule has 1 heterocycles. The number of amides is 2. The number of rotatable bonds is 5. The standard InChI is InChI=1S/C18H12F2N2O4S2/c19-10-4-3-5-11(8-10)28(25,26)15-9-13(16(21)23)18(27-15)22-17(24)12-6-1-2-7-14(12)20/h1-9H,(H2,21,23)(H,22,24). The van der Waals surface area contributed by atoms with E-state index in [0.717, 1.165) is 24.3 Å². The minimum atomic E-state index is -4.16. The largest absolute Gasteiger partial charge is 0.366 e. The van der Waals surface area contributed by atoms with E-state index in [-0.39, 0.29) is 25.2 Å². The number of primary amides is 1. The molecule has 0 bridgehead atoms. The maximum Gasteiger partial charge on any atom is 0.259 e. The Morgan fingerprint density at radius 2 is 1.68 bits per heavy atom. The molecular formula is C18H12F2N2O4S2. The summed E-state index contributed by atoms with van der Waals surface area (Å²) in [5.74, 6) is -3.40. The van der Waals surface area contributed by atoms with Crippen LogP contribution in [0.15, 0.2) is 63.7 Å². The average Bonchev–Trinajstić information content (AvgIpc) is 3.07. The highest BCUT2D eigenvalue weighted by atomic mass is 32.2. The Labute approximate surface area is 162 Å². The molecule has 3 rings (SSSR count). The second-order valence-electron chi connectivity index (χ2n) is 5.57. The Morgan fingerprint density at radius 3 is 2.32 bits per heavy atom. The highest BCUT2D eigenvalue weighted by Crippen LogP contribution is 2.35. The molecule has 0 unspecified atom stereocenters. The number of nitrogens with two attached hydrogens (primary N) is 1. The quantitative estimate of drug-likeness (QED) is 0.658. The van der Waals surface area contributed by atoms with E-state index in [0.29, 0.717) is 11.3 Å². The summed E-state index contributed by atoms with van der Waals surface area (Å²) in [7, 11) is -4.16. The van der Waals surface area contributed by atoms with Gasteiger partial charge in [0.1, 0.15) is 20.8 Å². The van der Waals surface area contributed by atoms with Gasteiger partial charge in [0.15, 0.2) is 0 Å². The fraction of sp³-hybridized carbons (Fsp3) is 0. The fourth-order valence-electron chi connectivity index (χ4n) is 2.34. The van der Waals surface area contributed by atoms with Gasteiger partial charge in [-0.15, -0.1) is 11.3 Å². The molecule has 1 aromatic heterocycles. The van der Waals surface area contributed by atoms with Crippen molar-refractivity contribution in [3.8, 4) is 0 Å². The van der Waals surface area contributed by atoms with Crippen LogP contribution in [0.2, 0.25) is 0 Å². The number of carbonyl (C=O) groups excluding carboxylic acids is 2. The topological polar surface area (TPSA) is 106 Å². The molecule has 0 fully saturated rings. The molecule has 10 heteroatoms. The number of thiophene rings is 1. The van der Waals surface area contributed by atoms with Gasteiger partial charge in [0.2, 0.25) is 9.84 Å². The molecular weight excluding hydrogens is 410 g/mol. The molecule has 0 radical (unpaired) electrons. The van der Waals surface area contributed by atoms with E-state index in [1.807, 2.05) is 0 Å². The van der Waals surface area contributed by atoms with Gasteiger partial charge in [0, 0.05) is 0 Å². The molecule has 0 aliphatic rings. The van der Waals surface area contributed by atoms with Crippen LogP contribution in [0.3, 0.4) is 0 Å². The lowest BCUT2D eigenvalue weighted by Gasteiger charge is -2.05. The smallest absolute Gasteiger partial charge is 0.259 e. The molecule has 0 aliphatic heterocycles.